The van der Waals surface area contributed by atoms with Crippen molar-refractivity contribution in [2.75, 3.05) is 13.1 Å². The van der Waals surface area contributed by atoms with Gasteiger partial charge in [-0.3, -0.25) is 4.79 Å². The molecule has 2 aliphatic rings. The molecule has 1 aliphatic heterocycles. The largest absolute Gasteiger partial charge is 0.348 e. The van der Waals surface area contributed by atoms with Crippen molar-refractivity contribution in [3.05, 3.63) is 35.7 Å². The van der Waals surface area contributed by atoms with Gasteiger partial charge in [0.15, 0.2) is 0 Å². The molecule has 1 amide bonds. The van der Waals surface area contributed by atoms with E-state index in [1.807, 2.05) is 24.3 Å². The predicted molar refractivity (Wildman–Crippen MR) is 92.3 cm³/mol. The number of carbonyl (C=O) groups is 1. The average Bonchev–Trinajstić information content (AvgIpc) is 3.33. The minimum atomic E-state index is -0.0496. The number of nitrogens with one attached hydrogen (secondary N) is 2. The van der Waals surface area contributed by atoms with Crippen LogP contribution in [0, 0.1) is 0 Å². The highest BCUT2D eigenvalue weighted by molar-refractivity contribution is 5.95. The SMILES string of the molecule is Cl.O=C(N[C@H]1CCCNC1)c1cccc(-c2noc(C3CC3)n2)c1. The number of benzene rings is 1. The molecule has 2 fully saturated rings. The zero-order chi connectivity index (χ0) is 15.6. The van der Waals surface area contributed by atoms with Crippen LogP contribution >= 0.6 is 12.4 Å². The van der Waals surface area contributed by atoms with Crippen LogP contribution in [-0.2, 0) is 0 Å². The third kappa shape index (κ3) is 3.76. The summed E-state index contributed by atoms with van der Waals surface area (Å²) in [5.74, 6) is 1.65. The van der Waals surface area contributed by atoms with Gasteiger partial charge in [0.05, 0.1) is 0 Å². The highest BCUT2D eigenvalue weighted by Crippen LogP contribution is 2.39. The molecule has 6 nitrogen and oxygen atoms in total. The second-order valence-corrected chi connectivity index (χ2v) is 6.33. The average molecular weight is 349 g/mol. The Balaban J connectivity index is 0.00000169. The van der Waals surface area contributed by atoms with E-state index in [1.54, 1.807) is 0 Å². The zero-order valence-electron chi connectivity index (χ0n) is 13.3. The number of halogens is 1. The van der Waals surface area contributed by atoms with E-state index in [9.17, 15) is 4.79 Å². The number of carbonyl (C=O) groups excluding carboxylic acids is 1. The Morgan fingerprint density at radius 2 is 2.17 bits per heavy atom. The fourth-order valence-corrected chi connectivity index (χ4v) is 2.89. The van der Waals surface area contributed by atoms with Gasteiger partial charge in [-0.1, -0.05) is 17.3 Å². The Hall–Kier alpha value is -1.92. The van der Waals surface area contributed by atoms with Crippen molar-refractivity contribution in [1.82, 2.24) is 20.8 Å². The first-order chi connectivity index (χ1) is 11.3. The van der Waals surface area contributed by atoms with Crippen molar-refractivity contribution in [2.24, 2.45) is 0 Å². The molecular formula is C17H21ClN4O2. The van der Waals surface area contributed by atoms with Crippen LogP contribution in [0.2, 0.25) is 0 Å². The molecule has 1 saturated carbocycles. The maximum absolute atomic E-state index is 12.4. The summed E-state index contributed by atoms with van der Waals surface area (Å²) in [6.07, 6.45) is 4.37. The Morgan fingerprint density at radius 1 is 1.29 bits per heavy atom. The molecule has 128 valence electrons. The molecule has 7 heteroatoms. The van der Waals surface area contributed by atoms with Gasteiger partial charge < -0.3 is 15.2 Å². The number of rotatable bonds is 4. The second-order valence-electron chi connectivity index (χ2n) is 6.33. The topological polar surface area (TPSA) is 80.0 Å². The molecular weight excluding hydrogens is 328 g/mol. The first-order valence-corrected chi connectivity index (χ1v) is 8.25. The van der Waals surface area contributed by atoms with Gasteiger partial charge in [-0.05, 0) is 44.4 Å². The lowest BCUT2D eigenvalue weighted by atomic mass is 10.1. The van der Waals surface area contributed by atoms with Gasteiger partial charge in [-0.15, -0.1) is 12.4 Å². The molecule has 0 spiro atoms. The van der Waals surface area contributed by atoms with Crippen LogP contribution in [0.5, 0.6) is 0 Å². The van der Waals surface area contributed by atoms with Crippen LogP contribution in [0.4, 0.5) is 0 Å². The first-order valence-electron chi connectivity index (χ1n) is 8.25. The normalized spacial score (nSPS) is 20.2. The van der Waals surface area contributed by atoms with Crippen molar-refractivity contribution in [3.63, 3.8) is 0 Å². The number of amides is 1. The van der Waals surface area contributed by atoms with Crippen LogP contribution < -0.4 is 10.6 Å². The van der Waals surface area contributed by atoms with Gasteiger partial charge in [0, 0.05) is 29.6 Å². The Labute approximate surface area is 146 Å². The highest BCUT2D eigenvalue weighted by atomic mass is 35.5. The molecule has 2 aromatic rings. The van der Waals surface area contributed by atoms with E-state index < -0.39 is 0 Å². The van der Waals surface area contributed by atoms with Crippen LogP contribution in [-0.4, -0.2) is 35.2 Å². The van der Waals surface area contributed by atoms with E-state index in [1.165, 1.54) is 0 Å². The number of hydrogen-bond acceptors (Lipinski definition) is 5. The molecule has 1 aromatic carbocycles. The van der Waals surface area contributed by atoms with Crippen molar-refractivity contribution >= 4 is 18.3 Å². The lowest BCUT2D eigenvalue weighted by Crippen LogP contribution is -2.45. The molecule has 1 saturated heterocycles. The molecule has 24 heavy (non-hydrogen) atoms. The van der Waals surface area contributed by atoms with E-state index in [0.29, 0.717) is 23.2 Å². The summed E-state index contributed by atoms with van der Waals surface area (Å²) >= 11 is 0. The number of aromatic nitrogens is 2. The van der Waals surface area contributed by atoms with E-state index in [-0.39, 0.29) is 24.4 Å². The predicted octanol–water partition coefficient (Wildman–Crippen LogP) is 2.52. The maximum atomic E-state index is 12.4. The van der Waals surface area contributed by atoms with E-state index >= 15 is 0 Å². The molecule has 4 rings (SSSR count). The summed E-state index contributed by atoms with van der Waals surface area (Å²) < 4.78 is 5.29. The van der Waals surface area contributed by atoms with Gasteiger partial charge in [-0.2, -0.15) is 4.98 Å². The van der Waals surface area contributed by atoms with Gasteiger partial charge >= 0.3 is 0 Å². The third-order valence-corrected chi connectivity index (χ3v) is 4.38. The maximum Gasteiger partial charge on any atom is 0.251 e. The van der Waals surface area contributed by atoms with Crippen molar-refractivity contribution < 1.29 is 9.32 Å². The standard InChI is InChI=1S/C17H20N4O2.ClH/c22-16(19-14-5-2-8-18-10-14)13-4-1-3-12(9-13)15-20-17(23-21-15)11-6-7-11;/h1,3-4,9,11,14,18H,2,5-8,10H2,(H,19,22);1H/t14-;/m0./s1. The Kier molecular flexibility index (Phi) is 5.16. The van der Waals surface area contributed by atoms with Crippen molar-refractivity contribution in [2.45, 2.75) is 37.6 Å². The molecule has 1 aromatic heterocycles. The molecule has 2 heterocycles. The van der Waals surface area contributed by atoms with Crippen LogP contribution in [0.3, 0.4) is 0 Å². The summed E-state index contributed by atoms with van der Waals surface area (Å²) in [6, 6.07) is 7.60. The van der Waals surface area contributed by atoms with Crippen molar-refractivity contribution in [1.29, 1.82) is 0 Å². The van der Waals surface area contributed by atoms with Crippen molar-refractivity contribution in [3.8, 4) is 11.4 Å². The first kappa shape index (κ1) is 16.9. The second kappa shape index (κ2) is 7.32. The van der Waals surface area contributed by atoms with Crippen LogP contribution in [0.1, 0.15) is 47.8 Å². The van der Waals surface area contributed by atoms with Gasteiger partial charge in [0.25, 0.3) is 5.91 Å². The summed E-state index contributed by atoms with van der Waals surface area (Å²) in [6.45, 7) is 1.87. The monoisotopic (exact) mass is 348 g/mol. The minimum absolute atomic E-state index is 0. The van der Waals surface area contributed by atoms with E-state index in [0.717, 1.165) is 44.3 Å². The van der Waals surface area contributed by atoms with E-state index in [4.69, 9.17) is 4.52 Å². The number of piperidine rings is 1. The number of nitrogens with zero attached hydrogens (tertiary/aromatic N) is 2. The molecule has 1 atom stereocenters. The molecule has 2 N–H and O–H groups in total. The van der Waals surface area contributed by atoms with Crippen LogP contribution in [0.15, 0.2) is 28.8 Å². The Bertz CT molecular complexity index is 708. The quantitative estimate of drug-likeness (QED) is 0.887. The summed E-state index contributed by atoms with van der Waals surface area (Å²) in [5, 5.41) is 10.4. The summed E-state index contributed by atoms with van der Waals surface area (Å²) in [4.78, 5) is 16.9. The number of hydrogen-bond donors (Lipinski definition) is 2. The molecule has 0 radical (unpaired) electrons. The third-order valence-electron chi connectivity index (χ3n) is 4.38. The highest BCUT2D eigenvalue weighted by Gasteiger charge is 2.29. The smallest absolute Gasteiger partial charge is 0.251 e. The molecule has 0 bridgehead atoms. The lowest BCUT2D eigenvalue weighted by molar-refractivity contribution is 0.0930. The van der Waals surface area contributed by atoms with Crippen LogP contribution in [0.25, 0.3) is 11.4 Å². The minimum Gasteiger partial charge on any atom is -0.348 e. The summed E-state index contributed by atoms with van der Waals surface area (Å²) in [5.41, 5.74) is 1.45. The molecule has 1 aliphatic carbocycles. The Morgan fingerprint density at radius 3 is 2.92 bits per heavy atom. The lowest BCUT2D eigenvalue weighted by Gasteiger charge is -2.23. The zero-order valence-corrected chi connectivity index (χ0v) is 14.1. The van der Waals surface area contributed by atoms with E-state index in [2.05, 4.69) is 20.8 Å². The summed E-state index contributed by atoms with van der Waals surface area (Å²) in [7, 11) is 0. The van der Waals surface area contributed by atoms with Gasteiger partial charge in [0.2, 0.25) is 11.7 Å². The van der Waals surface area contributed by atoms with Gasteiger partial charge in [-0.25, -0.2) is 0 Å². The molecule has 0 unspecified atom stereocenters. The fraction of sp³-hybridized carbons (Fsp3) is 0.471. The van der Waals surface area contributed by atoms with Gasteiger partial charge in [0.1, 0.15) is 0 Å². The fourth-order valence-electron chi connectivity index (χ4n) is 2.89.